The molecule has 4 unspecified atom stereocenters. The van der Waals surface area contributed by atoms with Crippen LogP contribution in [0.25, 0.3) is 0 Å². The Kier molecular flexibility index (Phi) is 15.5. The molecule has 15 nitrogen and oxygen atoms in total. The number of nitrogens with two attached hydrogens (primary N) is 2. The van der Waals surface area contributed by atoms with E-state index in [1.165, 1.54) is 11.8 Å². The van der Waals surface area contributed by atoms with Crippen molar-refractivity contribution in [3.05, 3.63) is 0 Å². The molecule has 4 amide bonds. The van der Waals surface area contributed by atoms with Crippen molar-refractivity contribution < 1.29 is 48.9 Å². The minimum Gasteiger partial charge on any atom is -0.481 e. The van der Waals surface area contributed by atoms with E-state index < -0.39 is 78.5 Å². The summed E-state index contributed by atoms with van der Waals surface area (Å²) < 4.78 is 0. The zero-order valence-corrected chi connectivity index (χ0v) is 20.5. The summed E-state index contributed by atoms with van der Waals surface area (Å²) in [5, 5.41) is 33.9. The Morgan fingerprint density at radius 2 is 1.14 bits per heavy atom. The molecule has 10 N–H and O–H groups in total. The zero-order valence-electron chi connectivity index (χ0n) is 19.7. The van der Waals surface area contributed by atoms with Gasteiger partial charge in [-0.05, 0) is 37.7 Å². The number of thioether (sulfide) groups is 1. The number of carbonyl (C=O) groups is 7. The van der Waals surface area contributed by atoms with Gasteiger partial charge in [-0.3, -0.25) is 28.8 Å². The van der Waals surface area contributed by atoms with Crippen molar-refractivity contribution in [2.75, 3.05) is 12.0 Å². The quantitative estimate of drug-likeness (QED) is 0.0860. The molecule has 0 spiro atoms. The number of rotatable bonds is 19. The number of carbonyl (C=O) groups excluding carboxylic acids is 4. The summed E-state index contributed by atoms with van der Waals surface area (Å²) in [6.07, 6.45) is -0.271. The van der Waals surface area contributed by atoms with Crippen LogP contribution in [-0.2, 0) is 33.6 Å². The Labute approximate surface area is 211 Å². The predicted molar refractivity (Wildman–Crippen MR) is 127 cm³/mol. The van der Waals surface area contributed by atoms with Crippen LogP contribution in [0.2, 0.25) is 0 Å². The van der Waals surface area contributed by atoms with Crippen LogP contribution in [0.1, 0.15) is 44.9 Å². The largest absolute Gasteiger partial charge is 0.481 e. The second kappa shape index (κ2) is 17.1. The van der Waals surface area contributed by atoms with Crippen molar-refractivity contribution in [2.45, 2.75) is 69.1 Å². The molecular formula is C20H33N5O10S. The van der Waals surface area contributed by atoms with Gasteiger partial charge >= 0.3 is 17.9 Å². The Balaban J connectivity index is 5.52. The summed E-state index contributed by atoms with van der Waals surface area (Å²) in [5.41, 5.74) is 10.7. The zero-order chi connectivity index (χ0) is 27.8. The molecule has 16 heteroatoms. The maximum Gasteiger partial charge on any atom is 0.326 e. The number of hydrogen-bond donors (Lipinski definition) is 8. The highest BCUT2D eigenvalue weighted by Gasteiger charge is 2.30. The van der Waals surface area contributed by atoms with Gasteiger partial charge in [0.15, 0.2) is 0 Å². The van der Waals surface area contributed by atoms with E-state index in [9.17, 15) is 38.7 Å². The first kappa shape index (κ1) is 32.6. The van der Waals surface area contributed by atoms with Gasteiger partial charge in [0, 0.05) is 19.3 Å². The van der Waals surface area contributed by atoms with Crippen molar-refractivity contribution in [2.24, 2.45) is 11.5 Å². The van der Waals surface area contributed by atoms with Crippen LogP contribution in [0.3, 0.4) is 0 Å². The summed E-state index contributed by atoms with van der Waals surface area (Å²) in [4.78, 5) is 82.0. The van der Waals surface area contributed by atoms with Crippen molar-refractivity contribution >= 4 is 53.3 Å². The van der Waals surface area contributed by atoms with E-state index in [1.54, 1.807) is 6.26 Å². The van der Waals surface area contributed by atoms with Crippen LogP contribution in [0.4, 0.5) is 0 Å². The highest BCUT2D eigenvalue weighted by molar-refractivity contribution is 7.98. The second-order valence-electron chi connectivity index (χ2n) is 7.78. The summed E-state index contributed by atoms with van der Waals surface area (Å²) in [6, 6.07) is -5.39. The molecule has 204 valence electrons. The molecule has 0 aromatic heterocycles. The topological polar surface area (TPSA) is 268 Å². The number of carboxylic acid groups (broad SMARTS) is 3. The lowest BCUT2D eigenvalue weighted by molar-refractivity contribution is -0.143. The summed E-state index contributed by atoms with van der Waals surface area (Å²) >= 11 is 1.33. The van der Waals surface area contributed by atoms with Gasteiger partial charge in [0.1, 0.15) is 18.1 Å². The van der Waals surface area contributed by atoms with Crippen LogP contribution in [0, 0.1) is 0 Å². The van der Waals surface area contributed by atoms with Gasteiger partial charge in [0.2, 0.25) is 23.6 Å². The third-order valence-electron chi connectivity index (χ3n) is 4.82. The minimum atomic E-state index is -1.52. The van der Waals surface area contributed by atoms with Crippen LogP contribution >= 0.6 is 11.8 Å². The van der Waals surface area contributed by atoms with Crippen LogP contribution in [0.15, 0.2) is 0 Å². The third-order valence-corrected chi connectivity index (χ3v) is 5.47. The lowest BCUT2D eigenvalue weighted by Gasteiger charge is -2.25. The third kappa shape index (κ3) is 14.1. The Bertz CT molecular complexity index is 825. The van der Waals surface area contributed by atoms with E-state index in [0.29, 0.717) is 5.75 Å². The molecule has 36 heavy (non-hydrogen) atoms. The fourth-order valence-corrected chi connectivity index (χ4v) is 3.29. The average Bonchev–Trinajstić information content (AvgIpc) is 2.79. The van der Waals surface area contributed by atoms with E-state index in [2.05, 4.69) is 16.0 Å². The van der Waals surface area contributed by atoms with E-state index in [1.807, 2.05) is 0 Å². The van der Waals surface area contributed by atoms with Gasteiger partial charge in [0.05, 0.1) is 6.04 Å². The van der Waals surface area contributed by atoms with Gasteiger partial charge in [0.25, 0.3) is 0 Å². The van der Waals surface area contributed by atoms with E-state index >= 15 is 0 Å². The number of nitrogens with one attached hydrogen (secondary N) is 3. The van der Waals surface area contributed by atoms with E-state index in [0.717, 1.165) is 0 Å². The minimum absolute atomic E-state index is 0.0573. The average molecular weight is 536 g/mol. The number of hydrogen-bond acceptors (Lipinski definition) is 9. The molecule has 0 aliphatic heterocycles. The van der Waals surface area contributed by atoms with E-state index in [4.69, 9.17) is 21.7 Å². The fourth-order valence-electron chi connectivity index (χ4n) is 2.82. The standard InChI is InChI=1S/C20H33N5O10S/c1-36-9-8-12(19(33)25-13(20(34)35)4-7-16(29)30)24-18(32)11(3-6-15(27)28)23-17(31)10(21)2-5-14(22)26/h10-13H,2-9,21H2,1H3,(H2,22,26)(H,23,31)(H,24,32)(H,25,33)(H,27,28)(H,29,30)(H,34,35). The monoisotopic (exact) mass is 535 g/mol. The van der Waals surface area contributed by atoms with Gasteiger partial charge in [-0.25, -0.2) is 4.79 Å². The maximum atomic E-state index is 12.9. The first-order valence-corrected chi connectivity index (χ1v) is 12.3. The molecule has 0 bridgehead atoms. The fraction of sp³-hybridized carbons (Fsp3) is 0.650. The molecular weight excluding hydrogens is 502 g/mol. The molecule has 0 aromatic carbocycles. The Morgan fingerprint density at radius 1 is 0.694 bits per heavy atom. The number of aliphatic carboxylic acids is 3. The van der Waals surface area contributed by atoms with Crippen LogP contribution < -0.4 is 27.4 Å². The molecule has 0 aliphatic carbocycles. The molecule has 4 atom stereocenters. The molecule has 0 rings (SSSR count). The smallest absolute Gasteiger partial charge is 0.326 e. The summed E-state index contributed by atoms with van der Waals surface area (Å²) in [5.74, 6) is -6.93. The number of primary amides is 1. The van der Waals surface area contributed by atoms with Gasteiger partial charge in [-0.1, -0.05) is 0 Å². The van der Waals surface area contributed by atoms with Crippen molar-refractivity contribution in [3.63, 3.8) is 0 Å². The number of carboxylic acids is 3. The van der Waals surface area contributed by atoms with Crippen molar-refractivity contribution in [3.8, 4) is 0 Å². The molecule has 0 aromatic rings. The molecule has 0 radical (unpaired) electrons. The molecule has 0 heterocycles. The Hall–Kier alpha value is -3.40. The normalized spacial score (nSPS) is 13.9. The van der Waals surface area contributed by atoms with E-state index in [-0.39, 0.29) is 32.1 Å². The lowest BCUT2D eigenvalue weighted by atomic mass is 10.1. The predicted octanol–water partition coefficient (Wildman–Crippen LogP) is -2.40. The maximum absolute atomic E-state index is 12.9. The van der Waals surface area contributed by atoms with Crippen molar-refractivity contribution in [1.29, 1.82) is 0 Å². The van der Waals surface area contributed by atoms with Gasteiger partial charge < -0.3 is 42.7 Å². The summed E-state index contributed by atoms with van der Waals surface area (Å²) in [6.45, 7) is 0. The van der Waals surface area contributed by atoms with Crippen LogP contribution in [0.5, 0.6) is 0 Å². The Morgan fingerprint density at radius 3 is 1.58 bits per heavy atom. The SMILES string of the molecule is CSCCC(NC(=O)C(CCC(=O)O)NC(=O)C(N)CCC(N)=O)C(=O)NC(CCC(=O)O)C(=O)O. The summed E-state index contributed by atoms with van der Waals surface area (Å²) in [7, 11) is 0. The highest BCUT2D eigenvalue weighted by Crippen LogP contribution is 2.07. The van der Waals surface area contributed by atoms with Crippen molar-refractivity contribution in [1.82, 2.24) is 16.0 Å². The van der Waals surface area contributed by atoms with Gasteiger partial charge in [-0.2, -0.15) is 11.8 Å². The lowest BCUT2D eigenvalue weighted by Crippen LogP contribution is -2.57. The molecule has 0 saturated heterocycles. The second-order valence-corrected chi connectivity index (χ2v) is 8.77. The molecule has 0 fully saturated rings. The first-order chi connectivity index (χ1) is 16.8. The first-order valence-electron chi connectivity index (χ1n) is 10.9. The van der Waals surface area contributed by atoms with Crippen LogP contribution in [-0.4, -0.2) is 93.0 Å². The highest BCUT2D eigenvalue weighted by atomic mass is 32.2. The number of amides is 4. The molecule has 0 saturated carbocycles. The van der Waals surface area contributed by atoms with Gasteiger partial charge in [-0.15, -0.1) is 0 Å². The molecule has 0 aliphatic rings.